The maximum absolute atomic E-state index is 10.7. The van der Waals surface area contributed by atoms with Crippen molar-refractivity contribution in [3.05, 3.63) is 29.8 Å². The number of carboxylic acid groups (broad SMARTS) is 1. The molecule has 0 amide bonds. The minimum absolute atomic E-state index is 0.458. The summed E-state index contributed by atoms with van der Waals surface area (Å²) >= 11 is 0. The van der Waals surface area contributed by atoms with E-state index in [-0.39, 0.29) is 0 Å². The molecule has 0 radical (unpaired) electrons. The van der Waals surface area contributed by atoms with E-state index in [1.54, 1.807) is 10.6 Å². The number of carbonyl (C=O) groups is 1. The van der Waals surface area contributed by atoms with E-state index in [0.717, 1.165) is 12.1 Å². The van der Waals surface area contributed by atoms with Crippen LogP contribution in [0, 0.1) is 0 Å². The van der Waals surface area contributed by atoms with Crippen molar-refractivity contribution in [3.63, 3.8) is 0 Å². The van der Waals surface area contributed by atoms with Gasteiger partial charge in [-0.25, -0.2) is 9.97 Å². The Morgan fingerprint density at radius 2 is 2.38 bits per heavy atom. The first kappa shape index (κ1) is 10.6. The summed E-state index contributed by atoms with van der Waals surface area (Å²) in [6.45, 7) is 1.99. The number of fused-ring (bicyclic) bond motifs is 1. The second kappa shape index (κ2) is 3.90. The predicted octanol–water partition coefficient (Wildman–Crippen LogP) is 0.376. The number of carboxylic acids is 1. The van der Waals surface area contributed by atoms with Crippen molar-refractivity contribution in [2.24, 2.45) is 5.73 Å². The number of aryl methyl sites for hydroxylation is 1. The molecule has 1 unspecified atom stereocenters. The third-order valence-electron chi connectivity index (χ3n) is 2.37. The standard InChI is InChI=1S/C10H12N4O2/c1-2-7-5-14-4-6(8(11)9(15)16)3-12-10(14)13-7/h3-5,8H,2,11H2,1H3,(H,15,16). The van der Waals surface area contributed by atoms with Crippen LogP contribution in [0.5, 0.6) is 0 Å². The molecule has 0 fully saturated rings. The van der Waals surface area contributed by atoms with Crippen LogP contribution in [0.25, 0.3) is 5.78 Å². The van der Waals surface area contributed by atoms with Gasteiger partial charge in [-0.1, -0.05) is 6.92 Å². The van der Waals surface area contributed by atoms with Crippen LogP contribution < -0.4 is 5.73 Å². The van der Waals surface area contributed by atoms with E-state index >= 15 is 0 Å². The largest absolute Gasteiger partial charge is 0.480 e. The summed E-state index contributed by atoms with van der Waals surface area (Å²) in [6.07, 6.45) is 5.72. The normalized spacial score (nSPS) is 12.9. The van der Waals surface area contributed by atoms with Crippen molar-refractivity contribution in [1.29, 1.82) is 0 Å². The molecule has 0 aliphatic rings. The molecular formula is C10H12N4O2. The van der Waals surface area contributed by atoms with Crippen molar-refractivity contribution in [3.8, 4) is 0 Å². The smallest absolute Gasteiger partial charge is 0.325 e. The highest BCUT2D eigenvalue weighted by molar-refractivity contribution is 5.75. The van der Waals surface area contributed by atoms with Crippen LogP contribution in [0.1, 0.15) is 24.2 Å². The Bertz CT molecular complexity index is 535. The highest BCUT2D eigenvalue weighted by Crippen LogP contribution is 2.11. The fourth-order valence-corrected chi connectivity index (χ4v) is 1.42. The van der Waals surface area contributed by atoms with E-state index < -0.39 is 12.0 Å². The van der Waals surface area contributed by atoms with Crippen LogP contribution in [0.2, 0.25) is 0 Å². The van der Waals surface area contributed by atoms with Crippen LogP contribution >= 0.6 is 0 Å². The molecule has 3 N–H and O–H groups in total. The van der Waals surface area contributed by atoms with E-state index in [2.05, 4.69) is 9.97 Å². The fraction of sp³-hybridized carbons (Fsp3) is 0.300. The average molecular weight is 220 g/mol. The lowest BCUT2D eigenvalue weighted by Gasteiger charge is -2.05. The second-order valence-corrected chi connectivity index (χ2v) is 3.50. The third-order valence-corrected chi connectivity index (χ3v) is 2.37. The lowest BCUT2D eigenvalue weighted by molar-refractivity contribution is -0.138. The van der Waals surface area contributed by atoms with Crippen molar-refractivity contribution in [2.45, 2.75) is 19.4 Å². The molecule has 2 aromatic heterocycles. The van der Waals surface area contributed by atoms with Crippen molar-refractivity contribution < 1.29 is 9.90 Å². The van der Waals surface area contributed by atoms with Crippen LogP contribution in [0.3, 0.4) is 0 Å². The molecule has 1 atom stereocenters. The summed E-state index contributed by atoms with van der Waals surface area (Å²) in [7, 11) is 0. The molecule has 0 saturated heterocycles. The minimum Gasteiger partial charge on any atom is -0.480 e. The number of nitrogens with zero attached hydrogens (tertiary/aromatic N) is 3. The van der Waals surface area contributed by atoms with Gasteiger partial charge in [0.2, 0.25) is 5.78 Å². The molecule has 2 heterocycles. The number of aliphatic carboxylic acids is 1. The van der Waals surface area contributed by atoms with Gasteiger partial charge < -0.3 is 10.8 Å². The highest BCUT2D eigenvalue weighted by atomic mass is 16.4. The lowest BCUT2D eigenvalue weighted by atomic mass is 10.2. The molecule has 2 rings (SSSR count). The van der Waals surface area contributed by atoms with Gasteiger partial charge in [0.15, 0.2) is 0 Å². The van der Waals surface area contributed by atoms with Gasteiger partial charge in [0.05, 0.1) is 5.69 Å². The van der Waals surface area contributed by atoms with Gasteiger partial charge in [-0.15, -0.1) is 0 Å². The van der Waals surface area contributed by atoms with Gasteiger partial charge >= 0.3 is 5.97 Å². The molecule has 0 spiro atoms. The number of nitrogens with two attached hydrogens (primary N) is 1. The first-order valence-corrected chi connectivity index (χ1v) is 4.93. The van der Waals surface area contributed by atoms with Crippen molar-refractivity contribution in [1.82, 2.24) is 14.4 Å². The van der Waals surface area contributed by atoms with E-state index in [0.29, 0.717) is 11.3 Å². The number of imidazole rings is 1. The molecule has 2 aromatic rings. The van der Waals surface area contributed by atoms with Gasteiger partial charge in [-0.3, -0.25) is 9.20 Å². The first-order valence-electron chi connectivity index (χ1n) is 4.93. The quantitative estimate of drug-likeness (QED) is 0.779. The van der Waals surface area contributed by atoms with Crippen LogP contribution in [-0.4, -0.2) is 25.4 Å². The lowest BCUT2D eigenvalue weighted by Crippen LogP contribution is -2.21. The van der Waals surface area contributed by atoms with Crippen molar-refractivity contribution in [2.75, 3.05) is 0 Å². The monoisotopic (exact) mass is 220 g/mol. The molecule has 6 heteroatoms. The van der Waals surface area contributed by atoms with Gasteiger partial charge in [0.1, 0.15) is 6.04 Å². The van der Waals surface area contributed by atoms with Gasteiger partial charge in [-0.05, 0) is 6.42 Å². The van der Waals surface area contributed by atoms with E-state index in [9.17, 15) is 4.79 Å². The molecule has 0 saturated carbocycles. The molecule has 0 bridgehead atoms. The Morgan fingerprint density at radius 3 is 3.00 bits per heavy atom. The number of hydrogen-bond acceptors (Lipinski definition) is 4. The zero-order valence-corrected chi connectivity index (χ0v) is 8.79. The van der Waals surface area contributed by atoms with E-state index in [1.165, 1.54) is 6.20 Å². The Kier molecular flexibility index (Phi) is 2.57. The topological polar surface area (TPSA) is 93.5 Å². The predicted molar refractivity (Wildman–Crippen MR) is 56.9 cm³/mol. The number of rotatable bonds is 3. The summed E-state index contributed by atoms with van der Waals surface area (Å²) in [5.41, 5.74) is 6.86. The average Bonchev–Trinajstić information content (AvgIpc) is 2.69. The zero-order valence-electron chi connectivity index (χ0n) is 8.79. The molecule has 6 nitrogen and oxygen atoms in total. The van der Waals surface area contributed by atoms with Crippen LogP contribution in [-0.2, 0) is 11.2 Å². The first-order chi connectivity index (χ1) is 7.61. The second-order valence-electron chi connectivity index (χ2n) is 3.50. The van der Waals surface area contributed by atoms with Gasteiger partial charge in [0, 0.05) is 24.2 Å². The summed E-state index contributed by atoms with van der Waals surface area (Å²) in [5.74, 6) is -0.518. The zero-order chi connectivity index (χ0) is 11.7. The summed E-state index contributed by atoms with van der Waals surface area (Å²) in [4.78, 5) is 19.0. The molecule has 0 aliphatic heterocycles. The Hall–Kier alpha value is -1.95. The van der Waals surface area contributed by atoms with Crippen LogP contribution in [0.4, 0.5) is 0 Å². The molecular weight excluding hydrogens is 208 g/mol. The number of aromatic nitrogens is 3. The SMILES string of the molecule is CCc1cn2cc(C(N)C(=O)O)cnc2n1. The van der Waals surface area contributed by atoms with Crippen LogP contribution in [0.15, 0.2) is 18.6 Å². The fourth-order valence-electron chi connectivity index (χ4n) is 1.42. The maximum Gasteiger partial charge on any atom is 0.325 e. The minimum atomic E-state index is -1.07. The summed E-state index contributed by atoms with van der Waals surface area (Å²) in [6, 6.07) is -1.05. The van der Waals surface area contributed by atoms with Crippen molar-refractivity contribution >= 4 is 11.7 Å². The molecule has 84 valence electrons. The summed E-state index contributed by atoms with van der Waals surface area (Å²) in [5, 5.41) is 8.78. The molecule has 16 heavy (non-hydrogen) atoms. The Balaban J connectivity index is 2.46. The van der Waals surface area contributed by atoms with Gasteiger partial charge in [0.25, 0.3) is 0 Å². The van der Waals surface area contributed by atoms with E-state index in [1.807, 2.05) is 13.1 Å². The van der Waals surface area contributed by atoms with E-state index in [4.69, 9.17) is 10.8 Å². The number of hydrogen-bond donors (Lipinski definition) is 2. The highest BCUT2D eigenvalue weighted by Gasteiger charge is 2.15. The Labute approximate surface area is 91.7 Å². The van der Waals surface area contributed by atoms with Gasteiger partial charge in [-0.2, -0.15) is 0 Å². The third kappa shape index (κ3) is 1.74. The maximum atomic E-state index is 10.7. The Morgan fingerprint density at radius 1 is 1.62 bits per heavy atom. The molecule has 0 aliphatic carbocycles. The molecule has 0 aromatic carbocycles. The summed E-state index contributed by atoms with van der Waals surface area (Å²) < 4.78 is 1.69.